The Morgan fingerprint density at radius 1 is 0.237 bits per heavy atom. The summed E-state index contributed by atoms with van der Waals surface area (Å²) >= 11 is 0. The van der Waals surface area contributed by atoms with Crippen LogP contribution in [0.3, 0.4) is 0 Å². The topological polar surface area (TPSA) is 372 Å². The molecule has 0 heterocycles. The van der Waals surface area contributed by atoms with Crippen LogP contribution in [-0.2, 0) is 38.4 Å². The first-order chi connectivity index (χ1) is 45.8. The van der Waals surface area contributed by atoms with E-state index >= 15 is 17.6 Å². The first-order valence-electron chi connectivity index (χ1n) is 28.3. The number of benzene rings is 8. The van der Waals surface area contributed by atoms with E-state index in [1.807, 2.05) is 0 Å². The van der Waals surface area contributed by atoms with Crippen molar-refractivity contribution in [3.63, 3.8) is 0 Å². The van der Waals surface area contributed by atoms with Gasteiger partial charge in [0.2, 0.25) is 0 Å². The molecule has 24 nitrogen and oxygen atoms in total. The Hall–Kier alpha value is -10.7. The number of hydrogen-bond acceptors (Lipinski definition) is 16. The molecule has 97 heavy (non-hydrogen) atoms. The predicted octanol–water partition coefficient (Wildman–Crippen LogP) is 5.99. The molecule has 0 fully saturated rings. The van der Waals surface area contributed by atoms with Crippen LogP contribution in [0.4, 0.5) is 17.6 Å². The number of halogens is 4. The maximum atomic E-state index is 15.5. The first kappa shape index (κ1) is 72.1. The van der Waals surface area contributed by atoms with Crippen molar-refractivity contribution in [2.45, 2.75) is 23.7 Å². The molecule has 0 amide bonds. The van der Waals surface area contributed by atoms with Crippen LogP contribution >= 0.6 is 0 Å². The van der Waals surface area contributed by atoms with Crippen LogP contribution in [0.1, 0.15) is 90.4 Å². The largest absolute Gasteiger partial charge is 1.00 e. The van der Waals surface area contributed by atoms with Crippen molar-refractivity contribution in [3.05, 3.63) is 236 Å². The molecule has 0 radical (unpaired) electrons. The third-order valence-corrected chi connectivity index (χ3v) is 14.7. The minimum Gasteiger partial charge on any atom is -0.481 e. The summed E-state index contributed by atoms with van der Waals surface area (Å²) in [4.78, 5) is 101. The summed E-state index contributed by atoms with van der Waals surface area (Å²) in [6.45, 7) is -9.47. The molecule has 0 spiro atoms. The van der Waals surface area contributed by atoms with Crippen LogP contribution in [0.2, 0.25) is 0 Å². The molecule has 0 aromatic heterocycles. The normalized spacial score (nSPS) is 14.5. The summed E-state index contributed by atoms with van der Waals surface area (Å²) in [5.41, 5.74) is -1.79. The third-order valence-electron chi connectivity index (χ3n) is 14.7. The van der Waals surface area contributed by atoms with E-state index in [2.05, 4.69) is 0 Å². The van der Waals surface area contributed by atoms with Gasteiger partial charge in [0, 0.05) is 92.4 Å². The van der Waals surface area contributed by atoms with Gasteiger partial charge in [-0.15, -0.1) is 0 Å². The summed E-state index contributed by atoms with van der Waals surface area (Å²) < 4.78 is 110. The number of hydrogen-bond donors (Lipinski definition) is 8. The minimum absolute atomic E-state index is 0. The second-order valence-electron chi connectivity index (χ2n) is 21.1. The molecule has 29 heteroatoms. The van der Waals surface area contributed by atoms with Gasteiger partial charge in [0.05, 0.1) is 0 Å². The summed E-state index contributed by atoms with van der Waals surface area (Å²) in [7, 11) is 0. The second-order valence-corrected chi connectivity index (χ2v) is 21.1. The quantitative estimate of drug-likeness (QED) is 0.0206. The van der Waals surface area contributed by atoms with Crippen molar-refractivity contribution in [2.24, 2.45) is 0 Å². The summed E-state index contributed by atoms with van der Waals surface area (Å²) in [5, 5.41) is 82.1. The summed E-state index contributed by atoms with van der Waals surface area (Å²) in [6.07, 6.45) is 0. The Balaban J connectivity index is 0.0000120. The molecule has 0 saturated heterocycles. The Morgan fingerprint density at radius 2 is 0.361 bits per heavy atom. The standard InChI is InChI=1S/C68H52F4O24.K/c69-37-9-1-33(2-10-37)65-41-17-43(51(91-27-59(77)78)21-49(41)89-25-57(73)74)66(34-3-11-38(70)12-4-34)45-19-47(55(95-31-63(85)86)23-53(45)93-29-61(81)82)68(36-7-15-40(72)16-8-36)48-20-46(54(94-30-62(83)84)24-56(48)96-32-64(87)88)67(35-5-13-39(71)14-6-35)44-18-42(65)50(90-26-58(75)76)22-52(44)92-28-60(79)80;/h1-24,65-68H,25-32H2,(H,73,74)(H,75,76)(H,77,78)(H,79,80)(H,81,82)(H,83,84)(H,85,86)(H,87,88);/q;+1. The van der Waals surface area contributed by atoms with Gasteiger partial charge in [-0.25, -0.2) is 55.9 Å². The third kappa shape index (κ3) is 18.0. The molecule has 0 aliphatic heterocycles. The van der Waals surface area contributed by atoms with E-state index in [9.17, 15) is 79.2 Å². The van der Waals surface area contributed by atoms with Crippen LogP contribution < -0.4 is 89.3 Å². The molecule has 8 aromatic carbocycles. The van der Waals surface area contributed by atoms with Crippen molar-refractivity contribution >= 4 is 47.8 Å². The zero-order chi connectivity index (χ0) is 69.1. The number of carbonyl (C=O) groups is 8. The van der Waals surface area contributed by atoms with Gasteiger partial charge in [-0.3, -0.25) is 0 Å². The monoisotopic (exact) mass is 1370 g/mol. The summed E-state index contributed by atoms with van der Waals surface area (Å²) in [5.74, 6) is -26.7. The molecule has 8 aromatic rings. The van der Waals surface area contributed by atoms with E-state index in [0.29, 0.717) is 0 Å². The molecule has 8 bridgehead atoms. The van der Waals surface area contributed by atoms with Crippen molar-refractivity contribution < 1.29 is 186 Å². The average molecular weight is 1370 g/mol. The fourth-order valence-corrected chi connectivity index (χ4v) is 11.0. The van der Waals surface area contributed by atoms with Gasteiger partial charge < -0.3 is 78.7 Å². The van der Waals surface area contributed by atoms with Gasteiger partial charge in [0.25, 0.3) is 0 Å². The molecule has 1 aliphatic rings. The van der Waals surface area contributed by atoms with E-state index in [0.717, 1.165) is 72.8 Å². The SMILES string of the molecule is O=C(O)COc1cc(OCC(=O)O)c2cc1C(c1ccc(F)cc1)c1cc(c(OCC(=O)O)cc1OCC(=O)O)C(c1ccc(F)cc1)c1cc(c(OCC(=O)O)cc1OCC(=O)O)C(c1ccc(F)cc1)c1cc(c(OCC(=O)O)cc1OCC(=O)O)C2c1ccc(F)cc1.[K+]. The molecule has 0 unspecified atom stereocenters. The fraction of sp³-hybridized carbons (Fsp3) is 0.176. The number of carboxylic acids is 8. The van der Waals surface area contributed by atoms with Crippen LogP contribution in [0, 0.1) is 23.3 Å². The molecule has 9 rings (SSSR count). The van der Waals surface area contributed by atoms with Gasteiger partial charge in [-0.2, -0.15) is 0 Å². The maximum Gasteiger partial charge on any atom is 1.00 e. The van der Waals surface area contributed by atoms with Gasteiger partial charge in [-0.1, -0.05) is 48.5 Å². The molecule has 0 atom stereocenters. The fourth-order valence-electron chi connectivity index (χ4n) is 11.0. The van der Waals surface area contributed by atoms with Gasteiger partial charge in [0.1, 0.15) is 69.3 Å². The number of fused-ring (bicyclic) bond motifs is 8. The Kier molecular flexibility index (Phi) is 23.9. The number of aliphatic carboxylic acids is 8. The second kappa shape index (κ2) is 32.1. The van der Waals surface area contributed by atoms with Crippen LogP contribution in [0.15, 0.2) is 146 Å². The smallest absolute Gasteiger partial charge is 0.481 e. The number of carboxylic acid groups (broad SMARTS) is 8. The molecule has 496 valence electrons. The average Bonchev–Trinajstić information content (AvgIpc) is 0.739. The zero-order valence-corrected chi connectivity index (χ0v) is 53.6. The van der Waals surface area contributed by atoms with Crippen LogP contribution in [0.25, 0.3) is 0 Å². The first-order valence-corrected chi connectivity index (χ1v) is 28.3. The van der Waals surface area contributed by atoms with Crippen molar-refractivity contribution in [1.29, 1.82) is 0 Å². The van der Waals surface area contributed by atoms with Gasteiger partial charge >= 0.3 is 99.1 Å². The van der Waals surface area contributed by atoms with Crippen molar-refractivity contribution in [2.75, 3.05) is 52.9 Å². The predicted molar refractivity (Wildman–Crippen MR) is 320 cm³/mol. The van der Waals surface area contributed by atoms with Crippen LogP contribution in [-0.4, -0.2) is 141 Å². The van der Waals surface area contributed by atoms with E-state index < -0.39 is 194 Å². The summed E-state index contributed by atoms with van der Waals surface area (Å²) in [6, 6.07) is 27.0. The molecule has 8 N–H and O–H groups in total. The Bertz CT molecular complexity index is 3590. The van der Waals surface area contributed by atoms with Crippen molar-refractivity contribution in [1.82, 2.24) is 0 Å². The molecular formula is C68H52F4KO24+. The Morgan fingerprint density at radius 3 is 0.474 bits per heavy atom. The van der Waals surface area contributed by atoms with E-state index in [1.165, 1.54) is 72.8 Å². The van der Waals surface area contributed by atoms with E-state index in [4.69, 9.17) is 37.9 Å². The zero-order valence-electron chi connectivity index (χ0n) is 50.4. The maximum absolute atomic E-state index is 15.5. The van der Waals surface area contributed by atoms with Crippen molar-refractivity contribution in [3.8, 4) is 46.0 Å². The van der Waals surface area contributed by atoms with E-state index in [1.54, 1.807) is 0 Å². The number of ether oxygens (including phenoxy) is 8. The molecule has 0 saturated carbocycles. The molecule has 1 aliphatic carbocycles. The van der Waals surface area contributed by atoms with Gasteiger partial charge in [-0.05, 0) is 95.1 Å². The van der Waals surface area contributed by atoms with E-state index in [-0.39, 0.29) is 118 Å². The number of rotatable bonds is 28. The Labute approximate surface area is 587 Å². The molecular weight excluding hydrogens is 1320 g/mol. The van der Waals surface area contributed by atoms with Gasteiger partial charge in [0.15, 0.2) is 52.9 Å². The minimum atomic E-state index is -1.67. The van der Waals surface area contributed by atoms with Crippen LogP contribution in [0.5, 0.6) is 46.0 Å².